The average molecular weight is 484 g/mol. The first-order valence-electron chi connectivity index (χ1n) is 13.4. The van der Waals surface area contributed by atoms with Crippen LogP contribution in [0.15, 0.2) is 103 Å². The van der Waals surface area contributed by atoms with Crippen molar-refractivity contribution in [3.63, 3.8) is 0 Å². The summed E-state index contributed by atoms with van der Waals surface area (Å²) in [5.74, 6) is -0.217. The van der Waals surface area contributed by atoms with Gasteiger partial charge in [0.05, 0.1) is 0 Å². The predicted octanol–water partition coefficient (Wildman–Crippen LogP) is 7.76. The minimum absolute atomic E-state index is 0.154. The minimum atomic E-state index is -0.217. The van der Waals surface area contributed by atoms with Crippen molar-refractivity contribution in [2.75, 3.05) is 0 Å². The highest BCUT2D eigenvalue weighted by Gasteiger charge is 2.19. The first-order valence-corrected chi connectivity index (χ1v) is 13.4. The maximum absolute atomic E-state index is 11.8. The molecule has 0 saturated heterocycles. The standard InChI is InChI=1S/C33H41NO2/c1-3-4-5-15-22-33(36-28(2)35)24-23-32(25-29-16-9-6-10-17-29)34(26-30-18-11-7-12-19-30)27-31-20-13-8-14-21-31/h6-14,16-21,23-24,32-33H,3-5,15,22,25-27H2,1-2H3/b24-23+/t32-,33-/m1/s1. The Morgan fingerprint density at radius 3 is 1.78 bits per heavy atom. The summed E-state index contributed by atoms with van der Waals surface area (Å²) in [7, 11) is 0. The first-order chi connectivity index (χ1) is 17.6. The third-order valence-electron chi connectivity index (χ3n) is 6.42. The molecule has 3 aromatic carbocycles. The van der Waals surface area contributed by atoms with Crippen LogP contribution in [-0.4, -0.2) is 23.0 Å². The summed E-state index contributed by atoms with van der Waals surface area (Å²) in [5.41, 5.74) is 3.87. The molecule has 3 rings (SSSR count). The third kappa shape index (κ3) is 10.2. The van der Waals surface area contributed by atoms with Crippen molar-refractivity contribution in [2.24, 2.45) is 0 Å². The molecule has 0 aliphatic heterocycles. The molecule has 0 bridgehead atoms. The fraction of sp³-hybridized carbons (Fsp3) is 0.364. The molecular weight excluding hydrogens is 442 g/mol. The van der Waals surface area contributed by atoms with E-state index in [-0.39, 0.29) is 18.1 Å². The van der Waals surface area contributed by atoms with Crippen molar-refractivity contribution >= 4 is 5.97 Å². The summed E-state index contributed by atoms with van der Waals surface area (Å²) in [4.78, 5) is 14.4. The van der Waals surface area contributed by atoms with Gasteiger partial charge in [-0.1, -0.05) is 123 Å². The molecule has 3 aromatic rings. The topological polar surface area (TPSA) is 29.5 Å². The number of esters is 1. The molecule has 0 saturated carbocycles. The van der Waals surface area contributed by atoms with Gasteiger partial charge >= 0.3 is 5.97 Å². The maximum atomic E-state index is 11.8. The van der Waals surface area contributed by atoms with E-state index in [2.05, 4.69) is 115 Å². The molecule has 0 fully saturated rings. The molecule has 0 amide bonds. The molecule has 3 heteroatoms. The molecule has 36 heavy (non-hydrogen) atoms. The van der Waals surface area contributed by atoms with Crippen molar-refractivity contribution in [3.8, 4) is 0 Å². The van der Waals surface area contributed by atoms with E-state index in [0.29, 0.717) is 0 Å². The van der Waals surface area contributed by atoms with Gasteiger partial charge in [0.1, 0.15) is 6.10 Å². The van der Waals surface area contributed by atoms with E-state index in [0.717, 1.165) is 32.4 Å². The molecule has 0 aliphatic rings. The van der Waals surface area contributed by atoms with Gasteiger partial charge < -0.3 is 4.74 Å². The van der Waals surface area contributed by atoms with E-state index in [1.165, 1.54) is 42.9 Å². The molecule has 0 aliphatic carbocycles. The lowest BCUT2D eigenvalue weighted by molar-refractivity contribution is -0.144. The Labute approximate surface area is 217 Å². The van der Waals surface area contributed by atoms with Crippen LogP contribution in [-0.2, 0) is 29.0 Å². The largest absolute Gasteiger partial charge is 0.458 e. The zero-order valence-electron chi connectivity index (χ0n) is 21.9. The highest BCUT2D eigenvalue weighted by atomic mass is 16.5. The second-order valence-corrected chi connectivity index (χ2v) is 9.52. The zero-order chi connectivity index (χ0) is 25.4. The van der Waals surface area contributed by atoms with Crippen molar-refractivity contribution in [1.29, 1.82) is 0 Å². The Balaban J connectivity index is 1.87. The summed E-state index contributed by atoms with van der Waals surface area (Å²) in [6, 6.07) is 32.1. The Hall–Kier alpha value is -3.17. The van der Waals surface area contributed by atoms with E-state index in [4.69, 9.17) is 4.74 Å². The molecule has 0 heterocycles. The molecule has 3 nitrogen and oxygen atoms in total. The number of carbonyl (C=O) groups excluding carboxylic acids is 1. The van der Waals surface area contributed by atoms with Crippen LogP contribution in [0.25, 0.3) is 0 Å². The summed E-state index contributed by atoms with van der Waals surface area (Å²) in [6.45, 7) is 5.40. The van der Waals surface area contributed by atoms with Crippen LogP contribution in [0, 0.1) is 0 Å². The summed E-state index contributed by atoms with van der Waals surface area (Å²) >= 11 is 0. The number of carbonyl (C=O) groups is 1. The quantitative estimate of drug-likeness (QED) is 0.126. The van der Waals surface area contributed by atoms with Gasteiger partial charge in [0.15, 0.2) is 0 Å². The van der Waals surface area contributed by atoms with Gasteiger partial charge in [0.25, 0.3) is 0 Å². The van der Waals surface area contributed by atoms with Crippen LogP contribution in [0.2, 0.25) is 0 Å². The fourth-order valence-electron chi connectivity index (χ4n) is 4.53. The lowest BCUT2D eigenvalue weighted by Gasteiger charge is -2.31. The second kappa shape index (κ2) is 15.7. The summed E-state index contributed by atoms with van der Waals surface area (Å²) in [5, 5.41) is 0. The van der Waals surface area contributed by atoms with E-state index in [1.807, 2.05) is 0 Å². The van der Waals surface area contributed by atoms with Crippen molar-refractivity contribution in [1.82, 2.24) is 4.90 Å². The van der Waals surface area contributed by atoms with E-state index < -0.39 is 0 Å². The number of unbranched alkanes of at least 4 members (excludes halogenated alkanes) is 3. The Morgan fingerprint density at radius 2 is 1.28 bits per heavy atom. The van der Waals surface area contributed by atoms with Gasteiger partial charge in [0, 0.05) is 26.1 Å². The molecule has 2 atom stereocenters. The third-order valence-corrected chi connectivity index (χ3v) is 6.42. The number of hydrogen-bond acceptors (Lipinski definition) is 3. The summed E-state index contributed by atoms with van der Waals surface area (Å²) < 4.78 is 5.70. The van der Waals surface area contributed by atoms with E-state index in [1.54, 1.807) is 0 Å². The van der Waals surface area contributed by atoms with Gasteiger partial charge in [0.2, 0.25) is 0 Å². The molecule has 0 spiro atoms. The Morgan fingerprint density at radius 1 is 0.750 bits per heavy atom. The zero-order valence-corrected chi connectivity index (χ0v) is 21.9. The molecule has 0 unspecified atom stereocenters. The number of nitrogens with zero attached hydrogens (tertiary/aromatic N) is 1. The minimum Gasteiger partial charge on any atom is -0.458 e. The Kier molecular flexibility index (Phi) is 12.0. The fourth-order valence-corrected chi connectivity index (χ4v) is 4.53. The van der Waals surface area contributed by atoms with Crippen LogP contribution in [0.5, 0.6) is 0 Å². The highest BCUT2D eigenvalue weighted by Crippen LogP contribution is 2.19. The lowest BCUT2D eigenvalue weighted by atomic mass is 10.0. The van der Waals surface area contributed by atoms with Crippen molar-refractivity contribution < 1.29 is 9.53 Å². The van der Waals surface area contributed by atoms with E-state index in [9.17, 15) is 4.79 Å². The molecule has 0 radical (unpaired) electrons. The van der Waals surface area contributed by atoms with Gasteiger partial charge in [-0.05, 0) is 42.0 Å². The smallest absolute Gasteiger partial charge is 0.303 e. The van der Waals surface area contributed by atoms with Gasteiger partial charge in [-0.15, -0.1) is 0 Å². The number of rotatable bonds is 15. The van der Waals surface area contributed by atoms with Crippen LogP contribution < -0.4 is 0 Å². The number of hydrogen-bond donors (Lipinski definition) is 0. The summed E-state index contributed by atoms with van der Waals surface area (Å²) in [6.07, 6.45) is 10.6. The maximum Gasteiger partial charge on any atom is 0.303 e. The van der Waals surface area contributed by atoms with Gasteiger partial charge in [-0.3, -0.25) is 9.69 Å². The molecule has 0 N–H and O–H groups in total. The predicted molar refractivity (Wildman–Crippen MR) is 150 cm³/mol. The van der Waals surface area contributed by atoms with Crippen molar-refractivity contribution in [3.05, 3.63) is 120 Å². The highest BCUT2D eigenvalue weighted by molar-refractivity contribution is 5.66. The number of ether oxygens (including phenoxy) is 1. The molecular formula is C33H41NO2. The molecule has 190 valence electrons. The van der Waals surface area contributed by atoms with Crippen LogP contribution >= 0.6 is 0 Å². The van der Waals surface area contributed by atoms with Crippen LogP contribution in [0.4, 0.5) is 0 Å². The normalized spacial score (nSPS) is 13.1. The van der Waals surface area contributed by atoms with Crippen LogP contribution in [0.1, 0.15) is 62.6 Å². The van der Waals surface area contributed by atoms with Gasteiger partial charge in [-0.2, -0.15) is 0 Å². The van der Waals surface area contributed by atoms with E-state index >= 15 is 0 Å². The molecule has 0 aromatic heterocycles. The first kappa shape index (κ1) is 27.4. The average Bonchev–Trinajstić information content (AvgIpc) is 2.90. The second-order valence-electron chi connectivity index (χ2n) is 9.52. The number of benzene rings is 3. The van der Waals surface area contributed by atoms with Crippen molar-refractivity contribution in [2.45, 2.75) is 77.6 Å². The SMILES string of the molecule is CCCCCC[C@H](/C=C/[C@H](Cc1ccccc1)N(Cc1ccccc1)Cc1ccccc1)OC(C)=O. The lowest BCUT2D eigenvalue weighted by Crippen LogP contribution is -2.35. The van der Waals surface area contributed by atoms with Gasteiger partial charge in [-0.25, -0.2) is 0 Å². The monoisotopic (exact) mass is 483 g/mol. The van der Waals surface area contributed by atoms with Crippen LogP contribution in [0.3, 0.4) is 0 Å². The Bertz CT molecular complexity index is 976.